The number of hydrogen-bond acceptors (Lipinski definition) is 12. The lowest BCUT2D eigenvalue weighted by atomic mass is 9.52. The number of fused-ring (bicyclic) bond motifs is 1. The van der Waals surface area contributed by atoms with E-state index in [4.69, 9.17) is 9.72 Å². The Bertz CT molecular complexity index is 2310. The Morgan fingerprint density at radius 2 is 1.70 bits per heavy atom. The number of ether oxygens (including phenoxy) is 1. The van der Waals surface area contributed by atoms with Gasteiger partial charge in [0.05, 0.1) is 24.9 Å². The van der Waals surface area contributed by atoms with E-state index in [1.807, 2.05) is 11.8 Å². The molecule has 2 aliphatic carbocycles. The fraction of sp³-hybridized carbons (Fsp3) is 0.592. The molecule has 0 radical (unpaired) electrons. The second kappa shape index (κ2) is 18.7. The van der Waals surface area contributed by atoms with Crippen LogP contribution in [0.4, 0.5) is 37.6 Å². The van der Waals surface area contributed by atoms with Crippen molar-refractivity contribution >= 4 is 52.5 Å². The Balaban J connectivity index is 0.775. The van der Waals surface area contributed by atoms with E-state index in [1.165, 1.54) is 12.1 Å². The Kier molecular flexibility index (Phi) is 13.0. The van der Waals surface area contributed by atoms with Crippen LogP contribution in [-0.4, -0.2) is 115 Å². The fourth-order valence-electron chi connectivity index (χ4n) is 12.1. The summed E-state index contributed by atoms with van der Waals surface area (Å²) in [6.45, 7) is 6.23. The molecule has 4 aliphatic heterocycles. The summed E-state index contributed by atoms with van der Waals surface area (Å²) in [5, 5.41) is 19.0. The zero-order valence-electron chi connectivity index (χ0n) is 38.3. The molecule has 0 bridgehead atoms. The third kappa shape index (κ3) is 8.92. The molecular weight excluding hydrogens is 849 g/mol. The van der Waals surface area contributed by atoms with Crippen molar-refractivity contribution in [2.75, 3.05) is 73.5 Å². The summed E-state index contributed by atoms with van der Waals surface area (Å²) >= 11 is 0. The number of halogens is 2. The number of hydrogen-bond donors (Lipinski definition) is 4. The number of amides is 4. The standard InChI is InChI=1S/C49H63F2N9O6/c1-4-38-46(65)57(2)39-26-52-47(55-43(39)60(38)32-7-5-6-8-32)53-37-11-9-31(23-40(37)66-3)44(63)56-49(17-22-61)28-48(29-49)15-20-58(21-16-48)27-30-13-18-59(19-14-30)33-24-35(50)42(36(51)25-33)34-10-12-41(62)54-45(34)64/h9,11,23-26,30,32,34,38,61H,4-8,10,12-22,27-29H2,1-3H3,(H,56,63)(H,52,53,55)(H,54,62,64)/t34?,38-/m1/s1. The van der Waals surface area contributed by atoms with Crippen LogP contribution < -0.4 is 35.4 Å². The van der Waals surface area contributed by atoms with Gasteiger partial charge in [-0.2, -0.15) is 4.98 Å². The average Bonchev–Trinajstić information content (AvgIpc) is 3.83. The predicted octanol–water partition coefficient (Wildman–Crippen LogP) is 6.17. The largest absolute Gasteiger partial charge is 0.495 e. The highest BCUT2D eigenvalue weighted by atomic mass is 19.1. The molecule has 2 aromatic carbocycles. The minimum atomic E-state index is -1.02. The highest BCUT2D eigenvalue weighted by Gasteiger charge is 2.55. The molecule has 2 saturated carbocycles. The van der Waals surface area contributed by atoms with Gasteiger partial charge in [-0.3, -0.25) is 24.5 Å². The van der Waals surface area contributed by atoms with E-state index in [0.29, 0.717) is 66.2 Å². The van der Waals surface area contributed by atoms with E-state index in [2.05, 4.69) is 30.7 Å². The molecule has 2 atom stereocenters. The average molecular weight is 912 g/mol. The van der Waals surface area contributed by atoms with Crippen LogP contribution >= 0.6 is 0 Å². The number of likely N-dealkylation sites (N-methyl/N-ethyl adjacent to an activating group) is 1. The number of nitrogens with one attached hydrogen (secondary N) is 3. The molecule has 1 spiro atoms. The van der Waals surface area contributed by atoms with Crippen LogP contribution in [0, 0.1) is 23.0 Å². The van der Waals surface area contributed by atoms with Gasteiger partial charge < -0.3 is 40.1 Å². The van der Waals surface area contributed by atoms with Gasteiger partial charge in [-0.25, -0.2) is 13.8 Å². The van der Waals surface area contributed by atoms with Gasteiger partial charge >= 0.3 is 0 Å². The van der Waals surface area contributed by atoms with Crippen LogP contribution in [0.15, 0.2) is 36.5 Å². The second-order valence-corrected chi connectivity index (χ2v) is 19.7. The van der Waals surface area contributed by atoms with Crippen LogP contribution in [0.1, 0.15) is 119 Å². The maximum atomic E-state index is 15.3. The number of imide groups is 1. The summed E-state index contributed by atoms with van der Waals surface area (Å²) in [6, 6.07) is 7.85. The predicted molar refractivity (Wildman–Crippen MR) is 246 cm³/mol. The van der Waals surface area contributed by atoms with Crippen molar-refractivity contribution in [1.29, 1.82) is 0 Å². The van der Waals surface area contributed by atoms with Gasteiger partial charge in [0.2, 0.25) is 23.7 Å². The maximum absolute atomic E-state index is 15.3. The van der Waals surface area contributed by atoms with Crippen molar-refractivity contribution in [3.63, 3.8) is 0 Å². The molecule has 4 N–H and O–H groups in total. The van der Waals surface area contributed by atoms with E-state index in [-0.39, 0.29) is 54.3 Å². The molecule has 15 nitrogen and oxygen atoms in total. The quantitative estimate of drug-likeness (QED) is 0.144. The van der Waals surface area contributed by atoms with Gasteiger partial charge in [0.25, 0.3) is 5.91 Å². The number of carbonyl (C=O) groups is 4. The number of benzene rings is 2. The molecule has 3 aromatic rings. The Labute approximate surface area is 385 Å². The molecule has 5 fully saturated rings. The molecule has 354 valence electrons. The van der Waals surface area contributed by atoms with Crippen molar-refractivity contribution in [2.24, 2.45) is 11.3 Å². The molecule has 66 heavy (non-hydrogen) atoms. The molecule has 5 heterocycles. The summed E-state index contributed by atoms with van der Waals surface area (Å²) in [7, 11) is 3.33. The van der Waals surface area contributed by atoms with E-state index < -0.39 is 34.9 Å². The number of carbonyl (C=O) groups excluding carboxylic acids is 4. The van der Waals surface area contributed by atoms with Crippen molar-refractivity contribution in [3.05, 3.63) is 59.3 Å². The van der Waals surface area contributed by atoms with Crippen molar-refractivity contribution < 1.29 is 37.8 Å². The Hall–Kier alpha value is -5.42. The Morgan fingerprint density at radius 3 is 2.35 bits per heavy atom. The maximum Gasteiger partial charge on any atom is 0.251 e. The third-order valence-electron chi connectivity index (χ3n) is 15.6. The van der Waals surface area contributed by atoms with Gasteiger partial charge in [-0.15, -0.1) is 0 Å². The zero-order valence-corrected chi connectivity index (χ0v) is 38.3. The number of rotatable bonds is 13. The fourth-order valence-corrected chi connectivity index (χ4v) is 12.1. The molecule has 4 amide bonds. The monoisotopic (exact) mass is 911 g/mol. The molecule has 9 rings (SSSR count). The molecule has 1 unspecified atom stereocenters. The van der Waals surface area contributed by atoms with Crippen molar-refractivity contribution in [3.8, 4) is 5.75 Å². The molecular formula is C49H63F2N9O6. The number of aliphatic hydroxyl groups is 1. The minimum absolute atomic E-state index is 0.0292. The topological polar surface area (TPSA) is 173 Å². The minimum Gasteiger partial charge on any atom is -0.495 e. The smallest absolute Gasteiger partial charge is 0.251 e. The summed E-state index contributed by atoms with van der Waals surface area (Å²) in [5.74, 6) is -1.76. The van der Waals surface area contributed by atoms with Gasteiger partial charge in [-0.1, -0.05) is 19.8 Å². The number of aromatic nitrogens is 2. The Morgan fingerprint density at radius 1 is 0.985 bits per heavy atom. The summed E-state index contributed by atoms with van der Waals surface area (Å²) in [4.78, 5) is 69.0. The highest BCUT2D eigenvalue weighted by Crippen LogP contribution is 2.56. The number of nitrogens with zero attached hydrogens (tertiary/aromatic N) is 6. The lowest BCUT2D eigenvalue weighted by Crippen LogP contribution is -2.64. The van der Waals surface area contributed by atoms with Crippen LogP contribution in [0.3, 0.4) is 0 Å². The van der Waals surface area contributed by atoms with Crippen molar-refractivity contribution in [1.82, 2.24) is 25.5 Å². The summed E-state index contributed by atoms with van der Waals surface area (Å²) < 4.78 is 36.3. The van der Waals surface area contributed by atoms with Crippen LogP contribution in [0.5, 0.6) is 5.75 Å². The number of aliphatic hydroxyl groups excluding tert-OH is 1. The van der Waals surface area contributed by atoms with Crippen molar-refractivity contribution in [2.45, 2.75) is 120 Å². The molecule has 17 heteroatoms. The van der Waals surface area contributed by atoms with E-state index in [9.17, 15) is 24.3 Å². The van der Waals surface area contributed by atoms with Gasteiger partial charge in [-0.05, 0) is 125 Å². The zero-order chi connectivity index (χ0) is 46.3. The first kappa shape index (κ1) is 45.7. The van der Waals surface area contributed by atoms with Crippen LogP contribution in [0.2, 0.25) is 0 Å². The summed E-state index contributed by atoms with van der Waals surface area (Å²) in [5.41, 5.74) is 1.53. The lowest BCUT2D eigenvalue weighted by molar-refractivity contribution is -0.134. The van der Waals surface area contributed by atoms with E-state index >= 15 is 8.78 Å². The first-order chi connectivity index (χ1) is 31.8. The lowest BCUT2D eigenvalue weighted by Gasteiger charge is -2.59. The number of piperidine rings is 3. The van der Waals surface area contributed by atoms with Crippen LogP contribution in [0.25, 0.3) is 0 Å². The number of anilines is 5. The van der Waals surface area contributed by atoms with Gasteiger partial charge in [0, 0.05) is 68.1 Å². The van der Waals surface area contributed by atoms with E-state index in [0.717, 1.165) is 89.7 Å². The first-order valence-electron chi connectivity index (χ1n) is 23.9. The molecule has 1 aromatic heterocycles. The SMILES string of the molecule is CC[C@@H]1C(=O)N(C)c2cnc(Nc3ccc(C(=O)NC4(CCO)CC5(CCN(CC6CCN(c7cc(F)c(C8CCC(=O)NC8=O)c(F)c7)CC6)CC5)C4)cc3OC)nc2N1C1CCCC1. The highest BCUT2D eigenvalue weighted by molar-refractivity contribution is 6.04. The first-order valence-corrected chi connectivity index (χ1v) is 23.9. The van der Waals surface area contributed by atoms with Gasteiger partial charge in [0.1, 0.15) is 29.1 Å². The third-order valence-corrected chi connectivity index (χ3v) is 15.6. The molecule has 3 saturated heterocycles. The second-order valence-electron chi connectivity index (χ2n) is 19.7. The summed E-state index contributed by atoms with van der Waals surface area (Å²) in [6.07, 6.45) is 12.7. The molecule has 6 aliphatic rings. The number of methoxy groups -OCH3 is 1. The normalized spacial score (nSPS) is 23.4. The van der Waals surface area contributed by atoms with E-state index in [1.54, 1.807) is 43.5 Å². The van der Waals surface area contributed by atoms with Gasteiger partial charge in [0.15, 0.2) is 5.82 Å². The van der Waals surface area contributed by atoms with Crippen LogP contribution in [-0.2, 0) is 14.4 Å². The number of likely N-dealkylation sites (tertiary alicyclic amines) is 1.